The molecule has 4 heteroatoms. The number of hydrogen-bond donors (Lipinski definition) is 1. The zero-order chi connectivity index (χ0) is 15.0. The number of carbonyl (C=O) groups is 1. The van der Waals surface area contributed by atoms with Crippen LogP contribution in [0.15, 0.2) is 0 Å². The van der Waals surface area contributed by atoms with Crippen molar-refractivity contribution in [3.8, 4) is 0 Å². The fraction of sp³-hybridized carbons (Fsp3) is 0.938. The third-order valence-corrected chi connectivity index (χ3v) is 3.99. The molecule has 20 heavy (non-hydrogen) atoms. The lowest BCUT2D eigenvalue weighted by atomic mass is 10.1. The maximum absolute atomic E-state index is 12.1. The van der Waals surface area contributed by atoms with Gasteiger partial charge in [0.1, 0.15) is 6.04 Å². The van der Waals surface area contributed by atoms with E-state index in [0.29, 0.717) is 12.6 Å². The van der Waals surface area contributed by atoms with Gasteiger partial charge in [0.25, 0.3) is 0 Å². The predicted octanol–water partition coefficient (Wildman–Crippen LogP) is 2.57. The first-order valence-corrected chi connectivity index (χ1v) is 8.25. The van der Waals surface area contributed by atoms with E-state index in [2.05, 4.69) is 31.0 Å². The summed E-state index contributed by atoms with van der Waals surface area (Å²) in [4.78, 5) is 14.6. The standard InChI is InChI=1S/C16H32N2O2/c1-5-14-10-8-7-9-11-18(14)12-15(17-13(3)4)16(19)20-6-2/h13-15,17H,5-12H2,1-4H3. The molecule has 1 aliphatic heterocycles. The van der Waals surface area contributed by atoms with Crippen molar-refractivity contribution >= 4 is 5.97 Å². The van der Waals surface area contributed by atoms with Gasteiger partial charge >= 0.3 is 5.97 Å². The fourth-order valence-electron chi connectivity index (χ4n) is 3.01. The molecule has 1 aliphatic rings. The monoisotopic (exact) mass is 284 g/mol. The molecular weight excluding hydrogens is 252 g/mol. The van der Waals surface area contributed by atoms with Crippen LogP contribution in [0.5, 0.6) is 0 Å². The Morgan fingerprint density at radius 1 is 1.30 bits per heavy atom. The minimum atomic E-state index is -0.206. The number of hydrogen-bond acceptors (Lipinski definition) is 4. The highest BCUT2D eigenvalue weighted by Crippen LogP contribution is 2.19. The van der Waals surface area contributed by atoms with E-state index in [1.807, 2.05) is 6.92 Å². The molecule has 0 spiro atoms. The largest absolute Gasteiger partial charge is 0.465 e. The number of esters is 1. The second-order valence-corrected chi connectivity index (χ2v) is 6.03. The summed E-state index contributed by atoms with van der Waals surface area (Å²) in [5, 5.41) is 3.36. The number of rotatable bonds is 7. The first-order valence-electron chi connectivity index (χ1n) is 8.25. The molecule has 2 unspecified atom stereocenters. The van der Waals surface area contributed by atoms with Crippen LogP contribution in [0, 0.1) is 0 Å². The normalized spacial score (nSPS) is 22.6. The van der Waals surface area contributed by atoms with Crippen LogP contribution < -0.4 is 5.32 Å². The molecule has 1 rings (SSSR count). The summed E-state index contributed by atoms with van der Waals surface area (Å²) >= 11 is 0. The highest BCUT2D eigenvalue weighted by molar-refractivity contribution is 5.76. The molecule has 2 atom stereocenters. The number of nitrogens with one attached hydrogen (secondary N) is 1. The molecular formula is C16H32N2O2. The number of carbonyl (C=O) groups excluding carboxylic acids is 1. The van der Waals surface area contributed by atoms with Gasteiger partial charge in [-0.2, -0.15) is 0 Å². The summed E-state index contributed by atoms with van der Waals surface area (Å²) in [5.41, 5.74) is 0. The summed E-state index contributed by atoms with van der Waals surface area (Å²) in [6.07, 6.45) is 6.30. The summed E-state index contributed by atoms with van der Waals surface area (Å²) in [5.74, 6) is -0.111. The van der Waals surface area contributed by atoms with Crippen LogP contribution in [0.3, 0.4) is 0 Å². The van der Waals surface area contributed by atoms with Gasteiger partial charge in [-0.25, -0.2) is 0 Å². The van der Waals surface area contributed by atoms with Crippen molar-refractivity contribution in [2.45, 2.75) is 77.9 Å². The number of likely N-dealkylation sites (tertiary alicyclic amines) is 1. The van der Waals surface area contributed by atoms with Crippen molar-refractivity contribution in [2.24, 2.45) is 0 Å². The van der Waals surface area contributed by atoms with Crippen LogP contribution in [-0.4, -0.2) is 48.7 Å². The predicted molar refractivity (Wildman–Crippen MR) is 82.8 cm³/mol. The lowest BCUT2D eigenvalue weighted by Gasteiger charge is -2.32. The lowest BCUT2D eigenvalue weighted by Crippen LogP contribution is -2.51. The van der Waals surface area contributed by atoms with Gasteiger partial charge in [-0.1, -0.05) is 33.6 Å². The maximum Gasteiger partial charge on any atom is 0.324 e. The van der Waals surface area contributed by atoms with E-state index in [9.17, 15) is 4.79 Å². The van der Waals surface area contributed by atoms with E-state index in [1.165, 1.54) is 25.7 Å². The topological polar surface area (TPSA) is 41.6 Å². The molecule has 118 valence electrons. The molecule has 0 radical (unpaired) electrons. The van der Waals surface area contributed by atoms with Crippen molar-refractivity contribution in [3.05, 3.63) is 0 Å². The second kappa shape index (κ2) is 9.35. The molecule has 1 N–H and O–H groups in total. The molecule has 0 aromatic carbocycles. The van der Waals surface area contributed by atoms with Gasteiger partial charge in [-0.3, -0.25) is 9.69 Å². The fourth-order valence-corrected chi connectivity index (χ4v) is 3.01. The van der Waals surface area contributed by atoms with Crippen LogP contribution in [0.25, 0.3) is 0 Å². The molecule has 0 aliphatic carbocycles. The van der Waals surface area contributed by atoms with Gasteiger partial charge < -0.3 is 10.1 Å². The van der Waals surface area contributed by atoms with Gasteiger partial charge in [0.05, 0.1) is 6.61 Å². The zero-order valence-corrected chi connectivity index (χ0v) is 13.7. The van der Waals surface area contributed by atoms with Gasteiger partial charge in [0.15, 0.2) is 0 Å². The Kier molecular flexibility index (Phi) is 8.15. The highest BCUT2D eigenvalue weighted by atomic mass is 16.5. The third kappa shape index (κ3) is 5.80. The van der Waals surface area contributed by atoms with Crippen LogP contribution in [0.4, 0.5) is 0 Å². The highest BCUT2D eigenvalue weighted by Gasteiger charge is 2.27. The van der Waals surface area contributed by atoms with E-state index >= 15 is 0 Å². The van der Waals surface area contributed by atoms with Crippen LogP contribution in [0.1, 0.15) is 59.8 Å². The van der Waals surface area contributed by atoms with Crippen LogP contribution in [-0.2, 0) is 9.53 Å². The molecule has 1 saturated heterocycles. The van der Waals surface area contributed by atoms with E-state index < -0.39 is 0 Å². The van der Waals surface area contributed by atoms with Crippen molar-refractivity contribution < 1.29 is 9.53 Å². The molecule has 0 bridgehead atoms. The Morgan fingerprint density at radius 3 is 2.65 bits per heavy atom. The lowest BCUT2D eigenvalue weighted by molar-refractivity contribution is -0.146. The van der Waals surface area contributed by atoms with Gasteiger partial charge in [-0.15, -0.1) is 0 Å². The van der Waals surface area contributed by atoms with Crippen molar-refractivity contribution in [1.29, 1.82) is 0 Å². The summed E-state index contributed by atoms with van der Waals surface area (Å²) < 4.78 is 5.22. The van der Waals surface area contributed by atoms with E-state index in [0.717, 1.165) is 19.5 Å². The van der Waals surface area contributed by atoms with Gasteiger partial charge in [-0.05, 0) is 32.7 Å². The summed E-state index contributed by atoms with van der Waals surface area (Å²) in [7, 11) is 0. The molecule has 0 saturated carbocycles. The Hall–Kier alpha value is -0.610. The van der Waals surface area contributed by atoms with Crippen LogP contribution in [0.2, 0.25) is 0 Å². The number of ether oxygens (including phenoxy) is 1. The molecule has 1 heterocycles. The molecule has 0 amide bonds. The Labute approximate surface area is 124 Å². The maximum atomic E-state index is 12.1. The Bertz CT molecular complexity index is 282. The third-order valence-electron chi connectivity index (χ3n) is 3.99. The first-order chi connectivity index (χ1) is 9.58. The molecule has 0 aromatic rings. The van der Waals surface area contributed by atoms with E-state index in [4.69, 9.17) is 4.74 Å². The van der Waals surface area contributed by atoms with Crippen molar-refractivity contribution in [3.63, 3.8) is 0 Å². The van der Waals surface area contributed by atoms with E-state index in [-0.39, 0.29) is 18.1 Å². The second-order valence-electron chi connectivity index (χ2n) is 6.03. The summed E-state index contributed by atoms with van der Waals surface area (Å²) in [6.45, 7) is 10.6. The average Bonchev–Trinajstić information content (AvgIpc) is 2.62. The molecule has 4 nitrogen and oxygen atoms in total. The smallest absolute Gasteiger partial charge is 0.324 e. The molecule has 1 fully saturated rings. The molecule has 0 aromatic heterocycles. The van der Waals surface area contributed by atoms with Crippen molar-refractivity contribution in [1.82, 2.24) is 10.2 Å². The van der Waals surface area contributed by atoms with E-state index in [1.54, 1.807) is 0 Å². The average molecular weight is 284 g/mol. The quantitative estimate of drug-likeness (QED) is 0.730. The first kappa shape index (κ1) is 17.4. The van der Waals surface area contributed by atoms with Crippen molar-refractivity contribution in [2.75, 3.05) is 19.7 Å². The minimum absolute atomic E-state index is 0.111. The Morgan fingerprint density at radius 2 is 2.05 bits per heavy atom. The van der Waals surface area contributed by atoms with Crippen LogP contribution >= 0.6 is 0 Å². The van der Waals surface area contributed by atoms with Gasteiger partial charge in [0, 0.05) is 18.6 Å². The Balaban J connectivity index is 2.67. The zero-order valence-electron chi connectivity index (χ0n) is 13.7. The minimum Gasteiger partial charge on any atom is -0.465 e. The SMILES string of the molecule is CCOC(=O)C(CN1CCCCCC1CC)NC(C)C. The summed E-state index contributed by atoms with van der Waals surface area (Å²) in [6, 6.07) is 0.696. The van der Waals surface area contributed by atoms with Gasteiger partial charge in [0.2, 0.25) is 0 Å². The number of nitrogens with zero attached hydrogens (tertiary/aromatic N) is 1.